The smallest absolute Gasteiger partial charge is 0.326 e. The van der Waals surface area contributed by atoms with Gasteiger partial charge < -0.3 is 15.5 Å². The molecule has 0 spiro atoms. The zero-order valence-corrected chi connectivity index (χ0v) is 10.1. The lowest BCUT2D eigenvalue weighted by molar-refractivity contribution is -0.147. The number of benzene rings is 1. The molecule has 0 aliphatic carbocycles. The van der Waals surface area contributed by atoms with Gasteiger partial charge in [-0.25, -0.2) is 13.6 Å². The molecule has 1 amide bonds. The van der Waals surface area contributed by atoms with Crippen LogP contribution in [0.1, 0.15) is 12.0 Å². The monoisotopic (exact) mass is 287 g/mol. The Morgan fingerprint density at radius 2 is 1.85 bits per heavy atom. The van der Waals surface area contributed by atoms with E-state index in [9.17, 15) is 23.2 Å². The summed E-state index contributed by atoms with van der Waals surface area (Å²) in [5.74, 6) is -5.53. The molecule has 0 fully saturated rings. The number of carbonyl (C=O) groups is 3. The molecule has 1 atom stereocenters. The molecule has 1 aromatic rings. The van der Waals surface area contributed by atoms with Crippen LogP contribution in [-0.4, -0.2) is 34.1 Å². The molecule has 8 heteroatoms. The molecule has 3 N–H and O–H groups in total. The Kier molecular flexibility index (Phi) is 5.13. The Balaban J connectivity index is 2.70. The van der Waals surface area contributed by atoms with Crippen LogP contribution in [0.3, 0.4) is 0 Å². The van der Waals surface area contributed by atoms with Crippen LogP contribution in [0.15, 0.2) is 18.2 Å². The molecule has 0 radical (unpaired) electrons. The lowest BCUT2D eigenvalue weighted by atomic mass is 10.1. The van der Waals surface area contributed by atoms with Crippen LogP contribution >= 0.6 is 0 Å². The van der Waals surface area contributed by atoms with E-state index in [-0.39, 0.29) is 5.56 Å². The standard InChI is InChI=1S/C12H11F2NO5/c13-7-2-1-6(8(14)4-7)3-10(16)15-9(12(19)20)5-11(17)18/h1-2,4,9H,3,5H2,(H,15,16)(H,17,18)(H,19,20). The van der Waals surface area contributed by atoms with Crippen molar-refractivity contribution in [3.63, 3.8) is 0 Å². The Bertz CT molecular complexity index is 547. The summed E-state index contributed by atoms with van der Waals surface area (Å²) in [6.07, 6.45) is -1.32. The molecule has 108 valence electrons. The zero-order valence-electron chi connectivity index (χ0n) is 10.1. The maximum atomic E-state index is 13.3. The van der Waals surface area contributed by atoms with Gasteiger partial charge in [0.2, 0.25) is 5.91 Å². The number of carboxylic acids is 2. The van der Waals surface area contributed by atoms with Crippen LogP contribution in [0.2, 0.25) is 0 Å². The second kappa shape index (κ2) is 6.60. The predicted octanol–water partition coefficient (Wildman–Crippen LogP) is 0.551. The van der Waals surface area contributed by atoms with Crippen molar-refractivity contribution in [1.82, 2.24) is 5.32 Å². The van der Waals surface area contributed by atoms with Crippen LogP contribution in [-0.2, 0) is 20.8 Å². The van der Waals surface area contributed by atoms with E-state index in [0.29, 0.717) is 6.07 Å². The van der Waals surface area contributed by atoms with Gasteiger partial charge in [-0.1, -0.05) is 6.07 Å². The molecule has 0 heterocycles. The van der Waals surface area contributed by atoms with Crippen molar-refractivity contribution in [2.24, 2.45) is 0 Å². The fourth-order valence-electron chi connectivity index (χ4n) is 1.46. The molecule has 1 rings (SSSR count). The quantitative estimate of drug-likeness (QED) is 0.709. The number of hydrogen-bond donors (Lipinski definition) is 3. The summed E-state index contributed by atoms with van der Waals surface area (Å²) in [4.78, 5) is 32.7. The fraction of sp³-hybridized carbons (Fsp3) is 0.250. The van der Waals surface area contributed by atoms with E-state index in [4.69, 9.17) is 10.2 Å². The van der Waals surface area contributed by atoms with Crippen molar-refractivity contribution in [2.45, 2.75) is 18.9 Å². The number of hydrogen-bond acceptors (Lipinski definition) is 3. The number of rotatable bonds is 6. The molecule has 0 bridgehead atoms. The van der Waals surface area contributed by atoms with Gasteiger partial charge in [-0.05, 0) is 11.6 Å². The van der Waals surface area contributed by atoms with Gasteiger partial charge in [0.25, 0.3) is 0 Å². The normalized spacial score (nSPS) is 11.7. The maximum absolute atomic E-state index is 13.3. The van der Waals surface area contributed by atoms with Crippen LogP contribution in [0.25, 0.3) is 0 Å². The first-order valence-electron chi connectivity index (χ1n) is 5.47. The van der Waals surface area contributed by atoms with Gasteiger partial charge in [0.1, 0.15) is 17.7 Å². The van der Waals surface area contributed by atoms with E-state index in [2.05, 4.69) is 0 Å². The molecule has 1 unspecified atom stereocenters. The number of nitrogens with one attached hydrogen (secondary N) is 1. The number of carbonyl (C=O) groups excluding carboxylic acids is 1. The number of halogens is 2. The maximum Gasteiger partial charge on any atom is 0.326 e. The predicted molar refractivity (Wildman–Crippen MR) is 61.9 cm³/mol. The summed E-state index contributed by atoms with van der Waals surface area (Å²) < 4.78 is 25.9. The van der Waals surface area contributed by atoms with Crippen LogP contribution in [0, 0.1) is 11.6 Å². The lowest BCUT2D eigenvalue weighted by Crippen LogP contribution is -2.42. The summed E-state index contributed by atoms with van der Waals surface area (Å²) in [5, 5.41) is 19.2. The molecular weight excluding hydrogens is 276 g/mol. The largest absolute Gasteiger partial charge is 0.481 e. The number of carboxylic acid groups (broad SMARTS) is 2. The molecule has 6 nitrogen and oxygen atoms in total. The van der Waals surface area contributed by atoms with Gasteiger partial charge in [0.05, 0.1) is 12.8 Å². The summed E-state index contributed by atoms with van der Waals surface area (Å²) in [5.41, 5.74) is -0.122. The van der Waals surface area contributed by atoms with Gasteiger partial charge >= 0.3 is 11.9 Å². The molecule has 20 heavy (non-hydrogen) atoms. The molecule has 0 saturated heterocycles. The van der Waals surface area contributed by atoms with Crippen molar-refractivity contribution in [2.75, 3.05) is 0 Å². The first-order chi connectivity index (χ1) is 9.29. The van der Waals surface area contributed by atoms with Crippen molar-refractivity contribution in [1.29, 1.82) is 0 Å². The second-order valence-corrected chi connectivity index (χ2v) is 3.97. The highest BCUT2D eigenvalue weighted by Crippen LogP contribution is 2.10. The third kappa shape index (κ3) is 4.63. The summed E-state index contributed by atoms with van der Waals surface area (Å²) in [6.45, 7) is 0. The Hall–Kier alpha value is -2.51. The topological polar surface area (TPSA) is 104 Å². The molecule has 0 saturated carbocycles. The minimum atomic E-state index is -1.61. The minimum Gasteiger partial charge on any atom is -0.481 e. The van der Waals surface area contributed by atoms with Gasteiger partial charge in [-0.15, -0.1) is 0 Å². The van der Waals surface area contributed by atoms with E-state index in [1.807, 2.05) is 5.32 Å². The SMILES string of the molecule is O=C(O)CC(NC(=O)Cc1ccc(F)cc1F)C(=O)O. The Labute approximate surface area is 112 Å². The fourth-order valence-corrected chi connectivity index (χ4v) is 1.46. The van der Waals surface area contributed by atoms with Crippen LogP contribution in [0.4, 0.5) is 8.78 Å². The first-order valence-corrected chi connectivity index (χ1v) is 5.47. The highest BCUT2D eigenvalue weighted by Gasteiger charge is 2.23. The van der Waals surface area contributed by atoms with Crippen molar-refractivity contribution in [3.8, 4) is 0 Å². The molecule has 1 aromatic carbocycles. The van der Waals surface area contributed by atoms with E-state index < -0.39 is 48.4 Å². The number of amides is 1. The van der Waals surface area contributed by atoms with E-state index >= 15 is 0 Å². The van der Waals surface area contributed by atoms with E-state index in [1.165, 1.54) is 0 Å². The van der Waals surface area contributed by atoms with Gasteiger partial charge in [0, 0.05) is 6.07 Å². The average Bonchev–Trinajstić information content (AvgIpc) is 2.31. The molecule has 0 aromatic heterocycles. The van der Waals surface area contributed by atoms with Crippen molar-refractivity contribution >= 4 is 17.8 Å². The van der Waals surface area contributed by atoms with E-state index in [1.54, 1.807) is 0 Å². The highest BCUT2D eigenvalue weighted by atomic mass is 19.1. The lowest BCUT2D eigenvalue weighted by Gasteiger charge is -2.12. The van der Waals surface area contributed by atoms with E-state index in [0.717, 1.165) is 12.1 Å². The zero-order chi connectivity index (χ0) is 15.3. The molecular formula is C12H11F2NO5. The van der Waals surface area contributed by atoms with Gasteiger partial charge in [-0.3, -0.25) is 9.59 Å². The molecule has 0 aliphatic heterocycles. The van der Waals surface area contributed by atoms with Crippen molar-refractivity contribution in [3.05, 3.63) is 35.4 Å². The van der Waals surface area contributed by atoms with Gasteiger partial charge in [0.15, 0.2) is 0 Å². The minimum absolute atomic E-state index is 0.122. The highest BCUT2D eigenvalue weighted by molar-refractivity contribution is 5.87. The summed E-state index contributed by atoms with van der Waals surface area (Å²) >= 11 is 0. The molecule has 0 aliphatic rings. The average molecular weight is 287 g/mol. The van der Waals surface area contributed by atoms with Crippen LogP contribution in [0.5, 0.6) is 0 Å². The summed E-state index contributed by atoms with van der Waals surface area (Å²) in [6, 6.07) is 0.993. The summed E-state index contributed by atoms with van der Waals surface area (Å²) in [7, 11) is 0. The van der Waals surface area contributed by atoms with Gasteiger partial charge in [-0.2, -0.15) is 0 Å². The Morgan fingerprint density at radius 3 is 2.35 bits per heavy atom. The first kappa shape index (κ1) is 15.5. The Morgan fingerprint density at radius 1 is 1.20 bits per heavy atom. The third-order valence-corrected chi connectivity index (χ3v) is 2.38. The van der Waals surface area contributed by atoms with Crippen molar-refractivity contribution < 1.29 is 33.4 Å². The number of aliphatic carboxylic acids is 2. The third-order valence-electron chi connectivity index (χ3n) is 2.38. The second-order valence-electron chi connectivity index (χ2n) is 3.97. The van der Waals surface area contributed by atoms with Crippen LogP contribution < -0.4 is 5.32 Å².